The van der Waals surface area contributed by atoms with Crippen LogP contribution < -0.4 is 0 Å². The zero-order valence-corrected chi connectivity index (χ0v) is 21.6. The molecule has 0 N–H and O–H groups in total. The van der Waals surface area contributed by atoms with Gasteiger partial charge in [-0.2, -0.15) is 0 Å². The number of hydrogen-bond donors (Lipinski definition) is 0. The summed E-state index contributed by atoms with van der Waals surface area (Å²) in [6, 6.07) is 0. The molecule has 0 aromatic rings. The highest BCUT2D eigenvalue weighted by Gasteiger charge is 2.77. The molecule has 5 fully saturated rings. The van der Waals surface area contributed by atoms with E-state index < -0.39 is 0 Å². The van der Waals surface area contributed by atoms with E-state index in [-0.39, 0.29) is 0 Å². The van der Waals surface area contributed by atoms with Crippen molar-refractivity contribution in [3.63, 3.8) is 0 Å². The zero-order chi connectivity index (χ0) is 22.2. The zero-order valence-electron chi connectivity index (χ0n) is 21.6. The van der Waals surface area contributed by atoms with Crippen LogP contribution in [0.4, 0.5) is 0 Å². The molecule has 1 heteroatoms. The number of ether oxygens (including phenoxy) is 1. The highest BCUT2D eigenvalue weighted by Crippen LogP contribution is 2.82. The minimum Gasteiger partial charge on any atom is -0.381 e. The molecule has 0 aromatic carbocycles. The number of rotatable bonds is 6. The molecule has 0 aliphatic heterocycles. The summed E-state index contributed by atoms with van der Waals surface area (Å²) in [5.74, 6) is 6.92. The maximum Gasteiger partial charge on any atom is 0.0638 e. The summed E-state index contributed by atoms with van der Waals surface area (Å²) in [4.78, 5) is 0. The molecule has 0 amide bonds. The monoisotopic (exact) mass is 426 g/mol. The fourth-order valence-corrected chi connectivity index (χ4v) is 10.8. The van der Waals surface area contributed by atoms with Crippen LogP contribution in [0.5, 0.6) is 0 Å². The third-order valence-corrected chi connectivity index (χ3v) is 12.5. The van der Waals surface area contributed by atoms with Gasteiger partial charge in [0.25, 0.3) is 0 Å². The van der Waals surface area contributed by atoms with Crippen LogP contribution in [-0.4, -0.2) is 13.2 Å². The van der Waals surface area contributed by atoms with Gasteiger partial charge in [-0.1, -0.05) is 53.7 Å². The summed E-state index contributed by atoms with van der Waals surface area (Å²) in [5, 5.41) is 0. The molecular formula is C30H50O. The Morgan fingerprint density at radius 1 is 0.968 bits per heavy atom. The Kier molecular flexibility index (Phi) is 5.52. The molecule has 5 aliphatic rings. The van der Waals surface area contributed by atoms with Gasteiger partial charge < -0.3 is 4.74 Å². The first kappa shape index (κ1) is 22.5. The molecule has 11 atom stereocenters. The molecule has 0 aromatic heterocycles. The molecule has 1 unspecified atom stereocenters. The summed E-state index contributed by atoms with van der Waals surface area (Å²) >= 11 is 0. The molecule has 0 heterocycles. The molecule has 5 aliphatic carbocycles. The first-order valence-corrected chi connectivity index (χ1v) is 13.9. The lowest BCUT2D eigenvalue weighted by atomic mass is 9.45. The van der Waals surface area contributed by atoms with Gasteiger partial charge in [0.2, 0.25) is 0 Å². The SMILES string of the molecule is CC[C@H](/C=C/[C@@H](C)[C@H]1CC[C@H]2[C@@H]3CC(OC)[C@]45C[C@H]4CC[C@]5(C)[C@H]3CC[C@]12C)C(C)C. The third kappa shape index (κ3) is 2.96. The number of hydrogen-bond acceptors (Lipinski definition) is 1. The maximum absolute atomic E-state index is 6.31. The molecule has 1 nitrogen and oxygen atoms in total. The first-order chi connectivity index (χ1) is 14.7. The first-order valence-electron chi connectivity index (χ1n) is 13.9. The van der Waals surface area contributed by atoms with Crippen LogP contribution in [0.1, 0.15) is 99.3 Å². The number of fused-ring (bicyclic) bond motifs is 4. The van der Waals surface area contributed by atoms with Crippen LogP contribution in [-0.2, 0) is 4.74 Å². The Hall–Kier alpha value is -0.300. The van der Waals surface area contributed by atoms with Gasteiger partial charge >= 0.3 is 0 Å². The molecule has 5 saturated carbocycles. The summed E-state index contributed by atoms with van der Waals surface area (Å²) in [5.41, 5.74) is 1.68. The standard InChI is InChI=1S/C30H50O/c1-8-21(19(2)3)10-9-20(4)24-11-12-25-23-17-27(31-7)30-18-22(30)13-16-29(30,6)26(23)14-15-28(24,25)5/h9-10,19-27H,8,11-18H2,1-7H3/b10-9+/t20-,21-,22-,23+,24-,25+,26+,27?,28-,29-,30+/m1/s1. The van der Waals surface area contributed by atoms with E-state index in [1.807, 2.05) is 7.11 Å². The van der Waals surface area contributed by atoms with E-state index in [2.05, 4.69) is 53.7 Å². The van der Waals surface area contributed by atoms with Gasteiger partial charge in [0.15, 0.2) is 0 Å². The van der Waals surface area contributed by atoms with Crippen LogP contribution in [0.2, 0.25) is 0 Å². The van der Waals surface area contributed by atoms with Crippen molar-refractivity contribution >= 4 is 0 Å². The third-order valence-electron chi connectivity index (χ3n) is 12.5. The van der Waals surface area contributed by atoms with Gasteiger partial charge in [0.05, 0.1) is 6.10 Å². The van der Waals surface area contributed by atoms with Gasteiger partial charge in [0, 0.05) is 12.5 Å². The Balaban J connectivity index is 1.37. The molecule has 0 saturated heterocycles. The lowest BCUT2D eigenvalue weighted by Crippen LogP contribution is -2.57. The van der Waals surface area contributed by atoms with Crippen molar-refractivity contribution in [1.82, 2.24) is 0 Å². The highest BCUT2D eigenvalue weighted by atomic mass is 16.5. The second-order valence-corrected chi connectivity index (χ2v) is 13.5. The van der Waals surface area contributed by atoms with Gasteiger partial charge in [-0.25, -0.2) is 0 Å². The van der Waals surface area contributed by atoms with Crippen molar-refractivity contribution in [1.29, 1.82) is 0 Å². The summed E-state index contributed by atoms with van der Waals surface area (Å²) in [7, 11) is 2.03. The normalized spacial score (nSPS) is 52.5. The minimum absolute atomic E-state index is 0.543. The largest absolute Gasteiger partial charge is 0.381 e. The van der Waals surface area contributed by atoms with Gasteiger partial charge in [-0.05, 0) is 116 Å². The molecule has 0 radical (unpaired) electrons. The van der Waals surface area contributed by atoms with Crippen molar-refractivity contribution < 1.29 is 4.74 Å². The summed E-state index contributed by atoms with van der Waals surface area (Å²) in [6.45, 7) is 15.1. The Bertz CT molecular complexity index is 709. The quantitative estimate of drug-likeness (QED) is 0.389. The molecule has 31 heavy (non-hydrogen) atoms. The van der Waals surface area contributed by atoms with Crippen molar-refractivity contribution in [2.24, 2.45) is 63.6 Å². The van der Waals surface area contributed by atoms with Crippen molar-refractivity contribution in [3.05, 3.63) is 12.2 Å². The minimum atomic E-state index is 0.543. The second-order valence-electron chi connectivity index (χ2n) is 13.5. The Labute approximate surface area is 193 Å². The predicted octanol–water partition coefficient (Wildman–Crippen LogP) is 8.14. The second kappa shape index (κ2) is 7.61. The maximum atomic E-state index is 6.31. The molecule has 176 valence electrons. The van der Waals surface area contributed by atoms with Crippen LogP contribution in [0, 0.1) is 63.6 Å². The van der Waals surface area contributed by atoms with Crippen LogP contribution in [0.15, 0.2) is 12.2 Å². The Morgan fingerprint density at radius 2 is 1.74 bits per heavy atom. The topological polar surface area (TPSA) is 9.23 Å². The van der Waals surface area contributed by atoms with E-state index in [9.17, 15) is 0 Å². The van der Waals surface area contributed by atoms with Crippen LogP contribution >= 0.6 is 0 Å². The van der Waals surface area contributed by atoms with E-state index in [1.165, 1.54) is 57.8 Å². The fraction of sp³-hybridized carbons (Fsp3) is 0.933. The van der Waals surface area contributed by atoms with Crippen molar-refractivity contribution in [2.75, 3.05) is 7.11 Å². The lowest BCUT2D eigenvalue weighted by molar-refractivity contribution is -0.160. The van der Waals surface area contributed by atoms with E-state index in [0.29, 0.717) is 22.3 Å². The average molecular weight is 427 g/mol. The molecular weight excluding hydrogens is 376 g/mol. The smallest absolute Gasteiger partial charge is 0.0638 e. The molecule has 5 rings (SSSR count). The lowest BCUT2D eigenvalue weighted by Gasteiger charge is -2.61. The van der Waals surface area contributed by atoms with Crippen LogP contribution in [0.25, 0.3) is 0 Å². The summed E-state index contributed by atoms with van der Waals surface area (Å²) < 4.78 is 6.31. The molecule has 1 spiro atoms. The average Bonchev–Trinajstić information content (AvgIpc) is 3.24. The van der Waals surface area contributed by atoms with Gasteiger partial charge in [-0.3, -0.25) is 0 Å². The van der Waals surface area contributed by atoms with E-state index in [1.54, 1.807) is 0 Å². The van der Waals surface area contributed by atoms with Gasteiger partial charge in [-0.15, -0.1) is 0 Å². The van der Waals surface area contributed by atoms with Crippen LogP contribution in [0.3, 0.4) is 0 Å². The Morgan fingerprint density at radius 3 is 2.39 bits per heavy atom. The van der Waals surface area contributed by atoms with Gasteiger partial charge in [0.1, 0.15) is 0 Å². The van der Waals surface area contributed by atoms with Crippen molar-refractivity contribution in [2.45, 2.75) is 105 Å². The van der Waals surface area contributed by atoms with E-state index in [4.69, 9.17) is 4.74 Å². The highest BCUT2D eigenvalue weighted by molar-refractivity contribution is 5.26. The summed E-state index contributed by atoms with van der Waals surface area (Å²) in [6.07, 6.45) is 18.7. The van der Waals surface area contributed by atoms with E-state index in [0.717, 1.165) is 47.3 Å². The number of methoxy groups -OCH3 is 1. The number of allylic oxidation sites excluding steroid dienone is 2. The van der Waals surface area contributed by atoms with E-state index >= 15 is 0 Å². The predicted molar refractivity (Wildman–Crippen MR) is 131 cm³/mol. The van der Waals surface area contributed by atoms with Crippen molar-refractivity contribution in [3.8, 4) is 0 Å². The molecule has 0 bridgehead atoms. The fourth-order valence-electron chi connectivity index (χ4n) is 10.8.